The molecule has 0 N–H and O–H groups in total. The number of hydrogen-bond donors (Lipinski definition) is 0. The zero-order valence-corrected chi connectivity index (χ0v) is 27.0. The minimum Gasteiger partial charge on any atom is -0.486 e. The van der Waals surface area contributed by atoms with Gasteiger partial charge in [0.1, 0.15) is 26.4 Å². The van der Waals surface area contributed by atoms with Crippen LogP contribution >= 0.6 is 0 Å². The summed E-state index contributed by atoms with van der Waals surface area (Å²) in [6.45, 7) is -5.80. The first-order chi connectivity index (χ1) is 27.2. The van der Waals surface area contributed by atoms with Crippen LogP contribution in [0.4, 0.5) is 87.8 Å². The molecule has 0 radical (unpaired) electrons. The molecular formula is C34H8F20O4. The predicted octanol–water partition coefficient (Wildman–Crippen LogP) is 10.8. The minimum absolute atomic E-state index is 1.45. The average molecular weight is 860 g/mol. The average Bonchev–Trinajstić information content (AvgIpc) is 3.20. The first-order valence-corrected chi connectivity index (χ1v) is 15.0. The summed E-state index contributed by atoms with van der Waals surface area (Å²) in [5, 5.41) is -11.5. The molecule has 0 heterocycles. The Morgan fingerprint density at radius 2 is 0.310 bits per heavy atom. The second-order valence-electron chi connectivity index (χ2n) is 11.2. The van der Waals surface area contributed by atoms with Gasteiger partial charge in [0.2, 0.25) is 23.3 Å². The van der Waals surface area contributed by atoms with Crippen LogP contribution in [-0.2, 0) is 0 Å². The molecule has 58 heavy (non-hydrogen) atoms. The quantitative estimate of drug-likeness (QED) is 0.0595. The van der Waals surface area contributed by atoms with Gasteiger partial charge in [0.25, 0.3) is 0 Å². The van der Waals surface area contributed by atoms with Crippen molar-refractivity contribution in [2.45, 2.75) is 0 Å². The van der Waals surface area contributed by atoms with Crippen molar-refractivity contribution < 1.29 is 107 Å². The van der Waals surface area contributed by atoms with Gasteiger partial charge in [0.05, 0.1) is 32.3 Å². The fraction of sp³-hybridized carbons (Fsp3) is 0.118. The third-order valence-corrected chi connectivity index (χ3v) is 8.06. The first kappa shape index (κ1) is 41.5. The van der Waals surface area contributed by atoms with E-state index in [-0.39, 0.29) is 0 Å². The van der Waals surface area contributed by atoms with Crippen LogP contribution in [0.15, 0.2) is 0 Å². The highest BCUT2D eigenvalue weighted by Gasteiger charge is 2.35. The van der Waals surface area contributed by atoms with Crippen LogP contribution in [0.5, 0.6) is 23.0 Å². The van der Waals surface area contributed by atoms with Gasteiger partial charge in [-0.1, -0.05) is 0 Å². The largest absolute Gasteiger partial charge is 0.486 e. The first-order valence-electron chi connectivity index (χ1n) is 15.0. The topological polar surface area (TPSA) is 36.9 Å². The maximum absolute atomic E-state index is 15.1. The maximum Gasteiger partial charge on any atom is 0.204 e. The van der Waals surface area contributed by atoms with Crippen molar-refractivity contribution in [3.8, 4) is 23.0 Å². The minimum atomic E-state index is -2.67. The van der Waals surface area contributed by atoms with Gasteiger partial charge in [-0.15, -0.1) is 0 Å². The van der Waals surface area contributed by atoms with Crippen molar-refractivity contribution in [1.82, 2.24) is 0 Å². The lowest BCUT2D eigenvalue weighted by atomic mass is 10.1. The highest BCUT2D eigenvalue weighted by Crippen LogP contribution is 2.44. The zero-order chi connectivity index (χ0) is 43.0. The third kappa shape index (κ3) is 6.10. The van der Waals surface area contributed by atoms with Gasteiger partial charge in [0.15, 0.2) is 116 Å². The van der Waals surface area contributed by atoms with E-state index in [0.717, 1.165) is 0 Å². The van der Waals surface area contributed by atoms with E-state index in [9.17, 15) is 79.0 Å². The van der Waals surface area contributed by atoms with E-state index in [1.54, 1.807) is 0 Å². The molecule has 0 aliphatic heterocycles. The van der Waals surface area contributed by atoms with Gasteiger partial charge >= 0.3 is 0 Å². The van der Waals surface area contributed by atoms with Crippen LogP contribution in [0.1, 0.15) is 0 Å². The molecule has 308 valence electrons. The second-order valence-corrected chi connectivity index (χ2v) is 11.2. The molecule has 0 saturated carbocycles. The van der Waals surface area contributed by atoms with Crippen molar-refractivity contribution in [2.75, 3.05) is 26.4 Å². The van der Waals surface area contributed by atoms with E-state index in [4.69, 9.17) is 9.47 Å². The smallest absolute Gasteiger partial charge is 0.204 e. The third-order valence-electron chi connectivity index (χ3n) is 8.06. The number of benzene rings is 6. The van der Waals surface area contributed by atoms with E-state index in [2.05, 4.69) is 9.47 Å². The van der Waals surface area contributed by atoms with Crippen LogP contribution < -0.4 is 18.9 Å². The zero-order valence-electron chi connectivity index (χ0n) is 27.0. The van der Waals surface area contributed by atoms with Gasteiger partial charge in [-0.25, -0.2) is 70.2 Å². The number of fused-ring (bicyclic) bond motifs is 3. The van der Waals surface area contributed by atoms with E-state index in [1.165, 1.54) is 0 Å². The van der Waals surface area contributed by atoms with Crippen LogP contribution in [0, 0.1) is 116 Å². The van der Waals surface area contributed by atoms with Crippen molar-refractivity contribution in [3.63, 3.8) is 0 Å². The molecule has 0 spiro atoms. The molecule has 4 nitrogen and oxygen atoms in total. The summed E-state index contributed by atoms with van der Waals surface area (Å²) in [4.78, 5) is 0. The molecule has 0 amide bonds. The summed E-state index contributed by atoms with van der Waals surface area (Å²) in [6.07, 6.45) is 0. The molecule has 0 atom stereocenters. The summed E-state index contributed by atoms with van der Waals surface area (Å²) in [6, 6.07) is 0. The van der Waals surface area contributed by atoms with Gasteiger partial charge in [-0.3, -0.25) is 0 Å². The Labute approximate surface area is 305 Å². The monoisotopic (exact) mass is 860 g/mol. The SMILES string of the molecule is Fc1c(F)c(F)c2c(OCCOc3c(F)c(F)c(F)c4c(OCCOc5c(F)c(F)c(F)c6c(F)c(F)c(F)c(F)c56)c(F)c(F)c(F)c34)c(F)c(F)c(F)c2c1F. The molecule has 6 aromatic carbocycles. The van der Waals surface area contributed by atoms with E-state index >= 15 is 8.78 Å². The Morgan fingerprint density at radius 1 is 0.172 bits per heavy atom. The number of ether oxygens (including phenoxy) is 4. The lowest BCUT2D eigenvalue weighted by Gasteiger charge is -2.18. The molecule has 6 rings (SSSR count). The Morgan fingerprint density at radius 3 is 0.500 bits per heavy atom. The Kier molecular flexibility index (Phi) is 10.7. The molecule has 0 aliphatic rings. The molecular weight excluding hydrogens is 852 g/mol. The summed E-state index contributed by atoms with van der Waals surface area (Å²) in [5.74, 6) is -59.2. The maximum atomic E-state index is 15.1. The molecule has 0 aromatic heterocycles. The Bertz CT molecular complexity index is 2550. The molecule has 0 bridgehead atoms. The molecule has 6 aromatic rings. The van der Waals surface area contributed by atoms with Crippen LogP contribution in [0.25, 0.3) is 32.3 Å². The lowest BCUT2D eigenvalue weighted by Crippen LogP contribution is -2.16. The predicted molar refractivity (Wildman–Crippen MR) is 153 cm³/mol. The molecule has 0 saturated heterocycles. The van der Waals surface area contributed by atoms with Crippen molar-refractivity contribution in [3.05, 3.63) is 116 Å². The molecule has 0 unspecified atom stereocenters. The summed E-state index contributed by atoms with van der Waals surface area (Å²) < 4.78 is 306. The van der Waals surface area contributed by atoms with Gasteiger partial charge < -0.3 is 18.9 Å². The second kappa shape index (κ2) is 15.0. The number of halogens is 20. The lowest BCUT2D eigenvalue weighted by molar-refractivity contribution is 0.202. The van der Waals surface area contributed by atoms with E-state index < -0.39 is 198 Å². The number of hydrogen-bond acceptors (Lipinski definition) is 4. The summed E-state index contributed by atoms with van der Waals surface area (Å²) >= 11 is 0. The van der Waals surface area contributed by atoms with Gasteiger partial charge in [-0.05, 0) is 0 Å². The highest BCUT2D eigenvalue weighted by molar-refractivity contribution is 5.95. The molecule has 0 aliphatic carbocycles. The van der Waals surface area contributed by atoms with Gasteiger partial charge in [0, 0.05) is 0 Å². The Balaban J connectivity index is 1.32. The van der Waals surface area contributed by atoms with E-state index in [0.29, 0.717) is 0 Å². The fourth-order valence-corrected chi connectivity index (χ4v) is 5.53. The summed E-state index contributed by atoms with van der Waals surface area (Å²) in [7, 11) is 0. The fourth-order valence-electron chi connectivity index (χ4n) is 5.53. The Hall–Kier alpha value is -6.10. The van der Waals surface area contributed by atoms with E-state index in [1.807, 2.05) is 0 Å². The normalized spacial score (nSPS) is 11.7. The van der Waals surface area contributed by atoms with Crippen molar-refractivity contribution in [2.24, 2.45) is 0 Å². The summed E-state index contributed by atoms with van der Waals surface area (Å²) in [5.41, 5.74) is 0. The van der Waals surface area contributed by atoms with Crippen LogP contribution in [0.2, 0.25) is 0 Å². The van der Waals surface area contributed by atoms with Crippen molar-refractivity contribution in [1.29, 1.82) is 0 Å². The highest BCUT2D eigenvalue weighted by atomic mass is 19.2. The number of rotatable bonds is 10. The standard InChI is InChI=1S/C34H8F20O4/c35-11-5-7(15(39)21(45)19(11)43)31(27(51)23(47)13(5)37)55-1-3-57-33-9-10(18(42)25(49)29(33)53)34(30(54)26(50)17(9)41)58-4-2-56-32-8-6(14(38)24(48)28(32)52)12(36)20(44)22(46)16(8)40/h1-4H2. The van der Waals surface area contributed by atoms with Crippen LogP contribution in [-0.4, -0.2) is 26.4 Å². The van der Waals surface area contributed by atoms with Crippen LogP contribution in [0.3, 0.4) is 0 Å². The molecule has 24 heteroatoms. The van der Waals surface area contributed by atoms with Crippen molar-refractivity contribution >= 4 is 32.3 Å². The molecule has 0 fully saturated rings. The van der Waals surface area contributed by atoms with Gasteiger partial charge in [-0.2, -0.15) is 17.6 Å².